The molecule has 2 amide bonds. The van der Waals surface area contributed by atoms with Crippen LogP contribution < -0.4 is 5.32 Å². The van der Waals surface area contributed by atoms with Crippen LogP contribution in [-0.2, 0) is 11.3 Å². The topological polar surface area (TPSA) is 73.2 Å². The molecular formula is C24H21N3O2. The maximum absolute atomic E-state index is 13.1. The molecule has 144 valence electrons. The van der Waals surface area contributed by atoms with Crippen molar-refractivity contribution in [2.45, 2.75) is 6.54 Å². The van der Waals surface area contributed by atoms with Gasteiger partial charge in [-0.05, 0) is 28.8 Å². The van der Waals surface area contributed by atoms with Crippen LogP contribution in [-0.4, -0.2) is 29.8 Å². The summed E-state index contributed by atoms with van der Waals surface area (Å²) in [5, 5.41) is 11.1. The lowest BCUT2D eigenvalue weighted by Gasteiger charge is -2.22. The van der Waals surface area contributed by atoms with Gasteiger partial charge in [-0.25, -0.2) is 0 Å². The number of hydrogen-bond donors (Lipinski definition) is 1. The Bertz CT molecular complexity index is 994. The molecule has 0 aromatic heterocycles. The van der Waals surface area contributed by atoms with Crippen LogP contribution in [0, 0.1) is 11.3 Å². The zero-order chi connectivity index (χ0) is 20.5. The van der Waals surface area contributed by atoms with Crippen molar-refractivity contribution in [1.29, 1.82) is 5.26 Å². The Kier molecular flexibility index (Phi) is 6.75. The molecule has 0 atom stereocenters. The summed E-state index contributed by atoms with van der Waals surface area (Å²) in [5.74, 6) is -0.600. The van der Waals surface area contributed by atoms with E-state index in [0.29, 0.717) is 12.1 Å². The second kappa shape index (κ2) is 9.86. The lowest BCUT2D eigenvalue weighted by atomic mass is 10.0. The Balaban J connectivity index is 1.79. The van der Waals surface area contributed by atoms with E-state index >= 15 is 0 Å². The molecule has 0 aliphatic rings. The third-order valence-corrected chi connectivity index (χ3v) is 4.44. The minimum absolute atomic E-state index is 0.0853. The second-order valence-corrected chi connectivity index (χ2v) is 6.53. The number of amides is 2. The van der Waals surface area contributed by atoms with Gasteiger partial charge in [0.15, 0.2) is 0 Å². The number of nitrogens with zero attached hydrogens (tertiary/aromatic N) is 2. The van der Waals surface area contributed by atoms with Gasteiger partial charge >= 0.3 is 0 Å². The smallest absolute Gasteiger partial charge is 0.254 e. The van der Waals surface area contributed by atoms with E-state index in [4.69, 9.17) is 5.26 Å². The minimum Gasteiger partial charge on any atom is -0.341 e. The monoisotopic (exact) mass is 383 g/mol. The molecule has 0 fully saturated rings. The number of carbonyl (C=O) groups excluding carboxylic acids is 2. The summed E-state index contributed by atoms with van der Waals surface area (Å²) in [6, 6.07) is 28.6. The normalized spacial score (nSPS) is 10.0. The van der Waals surface area contributed by atoms with Crippen molar-refractivity contribution < 1.29 is 9.59 Å². The zero-order valence-electron chi connectivity index (χ0n) is 15.9. The highest BCUT2D eigenvalue weighted by atomic mass is 16.2. The van der Waals surface area contributed by atoms with Gasteiger partial charge < -0.3 is 10.2 Å². The fraction of sp³-hybridized carbons (Fsp3) is 0.125. The maximum atomic E-state index is 13.1. The highest BCUT2D eigenvalue weighted by molar-refractivity contribution is 5.97. The van der Waals surface area contributed by atoms with Gasteiger partial charge in [0.1, 0.15) is 13.1 Å². The standard InChI is InChI=1S/C24H21N3O2/c25-15-16-26-23(28)18-27(17-19-7-3-1-4-8-19)24(29)22-13-11-21(12-14-22)20-9-5-2-6-10-20/h1-14H,16-18H2,(H,26,28). The lowest BCUT2D eigenvalue weighted by Crippen LogP contribution is -2.40. The molecule has 0 aliphatic heterocycles. The highest BCUT2D eigenvalue weighted by Gasteiger charge is 2.19. The molecular weight excluding hydrogens is 362 g/mol. The van der Waals surface area contributed by atoms with Crippen LogP contribution >= 0.6 is 0 Å². The molecule has 5 heteroatoms. The predicted molar refractivity (Wildman–Crippen MR) is 112 cm³/mol. The van der Waals surface area contributed by atoms with Gasteiger partial charge in [0, 0.05) is 12.1 Å². The molecule has 0 saturated carbocycles. The van der Waals surface area contributed by atoms with Gasteiger partial charge in [0.2, 0.25) is 5.91 Å². The zero-order valence-corrected chi connectivity index (χ0v) is 15.9. The van der Waals surface area contributed by atoms with E-state index in [9.17, 15) is 9.59 Å². The predicted octanol–water partition coefficient (Wildman–Crippen LogP) is 3.64. The highest BCUT2D eigenvalue weighted by Crippen LogP contribution is 2.20. The molecule has 3 rings (SSSR count). The van der Waals surface area contributed by atoms with Crippen LogP contribution in [0.2, 0.25) is 0 Å². The van der Waals surface area contributed by atoms with Crippen LogP contribution in [0.3, 0.4) is 0 Å². The molecule has 5 nitrogen and oxygen atoms in total. The Morgan fingerprint density at radius 2 is 1.41 bits per heavy atom. The third kappa shape index (κ3) is 5.53. The molecule has 3 aromatic carbocycles. The van der Waals surface area contributed by atoms with Crippen LogP contribution in [0.4, 0.5) is 0 Å². The Labute approximate surface area is 170 Å². The molecule has 0 saturated heterocycles. The van der Waals surface area contributed by atoms with Gasteiger partial charge in [-0.1, -0.05) is 72.8 Å². The fourth-order valence-corrected chi connectivity index (χ4v) is 2.99. The summed E-state index contributed by atoms with van der Waals surface area (Å²) >= 11 is 0. The Morgan fingerprint density at radius 1 is 0.828 bits per heavy atom. The van der Waals surface area contributed by atoms with Crippen molar-refractivity contribution in [3.05, 3.63) is 96.1 Å². The summed E-state index contributed by atoms with van der Waals surface area (Å²) in [6.45, 7) is 0.105. The summed E-state index contributed by atoms with van der Waals surface area (Å²) in [5.41, 5.74) is 3.52. The summed E-state index contributed by atoms with van der Waals surface area (Å²) < 4.78 is 0. The Hall–Kier alpha value is -3.91. The van der Waals surface area contributed by atoms with Crippen molar-refractivity contribution >= 4 is 11.8 Å². The van der Waals surface area contributed by atoms with Gasteiger partial charge in [-0.2, -0.15) is 5.26 Å². The molecule has 0 unspecified atom stereocenters. The summed E-state index contributed by atoms with van der Waals surface area (Å²) in [6.07, 6.45) is 0. The first-order valence-electron chi connectivity index (χ1n) is 9.29. The maximum Gasteiger partial charge on any atom is 0.254 e. The molecule has 3 aromatic rings. The molecule has 0 heterocycles. The van der Waals surface area contributed by atoms with E-state index in [1.54, 1.807) is 12.1 Å². The Morgan fingerprint density at radius 3 is 2.03 bits per heavy atom. The van der Waals surface area contributed by atoms with E-state index in [0.717, 1.165) is 16.7 Å². The van der Waals surface area contributed by atoms with Crippen LogP contribution in [0.1, 0.15) is 15.9 Å². The summed E-state index contributed by atoms with van der Waals surface area (Å²) in [4.78, 5) is 26.7. The average molecular weight is 383 g/mol. The van der Waals surface area contributed by atoms with Crippen molar-refractivity contribution in [2.24, 2.45) is 0 Å². The number of nitrogens with one attached hydrogen (secondary N) is 1. The lowest BCUT2D eigenvalue weighted by molar-refractivity contribution is -0.121. The van der Waals surface area contributed by atoms with E-state index < -0.39 is 0 Å². The van der Waals surface area contributed by atoms with Gasteiger partial charge in [-0.3, -0.25) is 9.59 Å². The van der Waals surface area contributed by atoms with Crippen molar-refractivity contribution in [3.63, 3.8) is 0 Å². The van der Waals surface area contributed by atoms with E-state index in [-0.39, 0.29) is 24.9 Å². The molecule has 29 heavy (non-hydrogen) atoms. The van der Waals surface area contributed by atoms with E-state index in [1.165, 1.54) is 4.90 Å². The molecule has 0 spiro atoms. The van der Waals surface area contributed by atoms with Crippen LogP contribution in [0.15, 0.2) is 84.9 Å². The number of rotatable bonds is 7. The SMILES string of the molecule is N#CCNC(=O)CN(Cc1ccccc1)C(=O)c1ccc(-c2ccccc2)cc1. The average Bonchev–Trinajstić information content (AvgIpc) is 2.78. The molecule has 0 aliphatic carbocycles. The fourth-order valence-electron chi connectivity index (χ4n) is 2.99. The van der Waals surface area contributed by atoms with Gasteiger partial charge in [0.05, 0.1) is 6.07 Å². The first-order chi connectivity index (χ1) is 14.2. The molecule has 0 bridgehead atoms. The molecule has 0 radical (unpaired) electrons. The number of carbonyl (C=O) groups is 2. The number of hydrogen-bond acceptors (Lipinski definition) is 3. The largest absolute Gasteiger partial charge is 0.341 e. The van der Waals surface area contributed by atoms with Crippen molar-refractivity contribution in [1.82, 2.24) is 10.2 Å². The number of benzene rings is 3. The second-order valence-electron chi connectivity index (χ2n) is 6.53. The molecule has 1 N–H and O–H groups in total. The van der Waals surface area contributed by atoms with E-state index in [1.807, 2.05) is 78.9 Å². The van der Waals surface area contributed by atoms with Crippen LogP contribution in [0.25, 0.3) is 11.1 Å². The van der Waals surface area contributed by atoms with Gasteiger partial charge in [-0.15, -0.1) is 0 Å². The first kappa shape index (κ1) is 19.8. The minimum atomic E-state index is -0.364. The summed E-state index contributed by atoms with van der Waals surface area (Å²) in [7, 11) is 0. The van der Waals surface area contributed by atoms with Crippen LogP contribution in [0.5, 0.6) is 0 Å². The third-order valence-electron chi connectivity index (χ3n) is 4.44. The van der Waals surface area contributed by atoms with E-state index in [2.05, 4.69) is 5.32 Å². The first-order valence-corrected chi connectivity index (χ1v) is 9.29. The van der Waals surface area contributed by atoms with Gasteiger partial charge in [0.25, 0.3) is 5.91 Å². The quantitative estimate of drug-likeness (QED) is 0.633. The van der Waals surface area contributed by atoms with Crippen molar-refractivity contribution in [3.8, 4) is 17.2 Å². The van der Waals surface area contributed by atoms with Crippen molar-refractivity contribution in [2.75, 3.05) is 13.1 Å². The number of nitriles is 1.